The second-order valence-corrected chi connectivity index (χ2v) is 5.60. The lowest BCUT2D eigenvalue weighted by atomic mass is 9.84. The molecule has 2 aliphatic heterocycles. The fourth-order valence-electron chi connectivity index (χ4n) is 3.70. The summed E-state index contributed by atoms with van der Waals surface area (Å²) in [6.07, 6.45) is 3.89. The van der Waals surface area contributed by atoms with Crippen LogP contribution < -0.4 is 0 Å². The predicted molar refractivity (Wildman–Crippen MR) is 76.0 cm³/mol. The molecular weight excluding hydrogens is 234 g/mol. The van der Waals surface area contributed by atoms with Gasteiger partial charge in [0.25, 0.3) is 0 Å². The Balaban J connectivity index is 1.90. The van der Waals surface area contributed by atoms with E-state index >= 15 is 0 Å². The van der Waals surface area contributed by atoms with Gasteiger partial charge in [0, 0.05) is 13.0 Å². The Kier molecular flexibility index (Phi) is 2.37. The monoisotopic (exact) mass is 251 g/mol. The number of fused-ring (bicyclic) bond motifs is 5. The van der Waals surface area contributed by atoms with Gasteiger partial charge >= 0.3 is 0 Å². The van der Waals surface area contributed by atoms with Crippen molar-refractivity contribution in [1.29, 1.82) is 0 Å². The Morgan fingerprint density at radius 1 is 1.05 bits per heavy atom. The number of benzene rings is 2. The summed E-state index contributed by atoms with van der Waals surface area (Å²) < 4.78 is 0. The van der Waals surface area contributed by atoms with Gasteiger partial charge in [-0.05, 0) is 41.2 Å². The molecule has 0 bridgehead atoms. The maximum atomic E-state index is 12.0. The SMILES string of the molecule is O=C1CCCC2c3ccc4ccccc4c3CCN12. The maximum absolute atomic E-state index is 12.0. The minimum atomic E-state index is 0.328. The molecule has 1 amide bonds. The molecule has 1 fully saturated rings. The molecule has 4 rings (SSSR count). The van der Waals surface area contributed by atoms with Crippen molar-refractivity contribution in [3.63, 3.8) is 0 Å². The molecule has 1 unspecified atom stereocenters. The van der Waals surface area contributed by atoms with Crippen molar-refractivity contribution in [1.82, 2.24) is 4.90 Å². The molecule has 2 nitrogen and oxygen atoms in total. The Morgan fingerprint density at radius 2 is 1.95 bits per heavy atom. The Hall–Kier alpha value is -1.83. The van der Waals surface area contributed by atoms with Crippen LogP contribution in [0.1, 0.15) is 36.4 Å². The zero-order valence-electron chi connectivity index (χ0n) is 10.9. The van der Waals surface area contributed by atoms with E-state index in [1.807, 2.05) is 0 Å². The summed E-state index contributed by atoms with van der Waals surface area (Å²) in [5.74, 6) is 0.343. The highest BCUT2D eigenvalue weighted by Crippen LogP contribution is 2.39. The number of carbonyl (C=O) groups is 1. The number of piperidine rings is 1. The molecule has 2 heterocycles. The number of hydrogen-bond acceptors (Lipinski definition) is 1. The summed E-state index contributed by atoms with van der Waals surface area (Å²) >= 11 is 0. The van der Waals surface area contributed by atoms with Crippen LogP contribution in [0.2, 0.25) is 0 Å². The molecule has 1 atom stereocenters. The molecule has 2 aromatic rings. The summed E-state index contributed by atoms with van der Waals surface area (Å²) in [6, 6.07) is 13.4. The molecular formula is C17H17NO. The second kappa shape index (κ2) is 4.09. The van der Waals surface area contributed by atoms with Crippen LogP contribution in [0, 0.1) is 0 Å². The van der Waals surface area contributed by atoms with E-state index in [2.05, 4.69) is 41.3 Å². The largest absolute Gasteiger partial charge is 0.335 e. The van der Waals surface area contributed by atoms with Crippen LogP contribution in [0.3, 0.4) is 0 Å². The summed E-state index contributed by atoms with van der Waals surface area (Å²) in [5, 5.41) is 2.69. The van der Waals surface area contributed by atoms with E-state index in [1.165, 1.54) is 21.9 Å². The smallest absolute Gasteiger partial charge is 0.223 e. The Labute approximate surface area is 113 Å². The van der Waals surface area contributed by atoms with Crippen LogP contribution in [0.5, 0.6) is 0 Å². The third kappa shape index (κ3) is 1.59. The molecule has 1 saturated heterocycles. The van der Waals surface area contributed by atoms with Crippen LogP contribution >= 0.6 is 0 Å². The molecule has 2 aliphatic rings. The first-order valence-corrected chi connectivity index (χ1v) is 7.14. The lowest BCUT2D eigenvalue weighted by Crippen LogP contribution is -2.42. The number of carbonyl (C=O) groups excluding carboxylic acids is 1. The van der Waals surface area contributed by atoms with Gasteiger partial charge in [0.2, 0.25) is 5.91 Å². The number of rotatable bonds is 0. The normalized spacial score (nSPS) is 22.2. The summed E-state index contributed by atoms with van der Waals surface area (Å²) in [6.45, 7) is 0.893. The second-order valence-electron chi connectivity index (χ2n) is 5.60. The summed E-state index contributed by atoms with van der Waals surface area (Å²) in [7, 11) is 0. The van der Waals surface area contributed by atoms with E-state index in [1.54, 1.807) is 0 Å². The van der Waals surface area contributed by atoms with Gasteiger partial charge in [0.15, 0.2) is 0 Å². The number of nitrogens with zero attached hydrogens (tertiary/aromatic N) is 1. The molecule has 0 spiro atoms. The van der Waals surface area contributed by atoms with Crippen molar-refractivity contribution in [3.05, 3.63) is 47.5 Å². The first-order chi connectivity index (χ1) is 9.34. The van der Waals surface area contributed by atoms with Crippen LogP contribution in [-0.4, -0.2) is 17.4 Å². The predicted octanol–water partition coefficient (Wildman–Crippen LogP) is 3.45. The zero-order valence-corrected chi connectivity index (χ0v) is 10.9. The van der Waals surface area contributed by atoms with Crippen LogP contribution in [0.15, 0.2) is 36.4 Å². The number of amides is 1. The van der Waals surface area contributed by atoms with E-state index in [0.717, 1.165) is 32.2 Å². The minimum absolute atomic E-state index is 0.328. The third-order valence-corrected chi connectivity index (χ3v) is 4.60. The highest BCUT2D eigenvalue weighted by molar-refractivity contribution is 5.88. The molecule has 0 N–H and O–H groups in total. The molecule has 0 aliphatic carbocycles. The number of hydrogen-bond donors (Lipinski definition) is 0. The molecule has 2 aromatic carbocycles. The molecule has 19 heavy (non-hydrogen) atoms. The van der Waals surface area contributed by atoms with Gasteiger partial charge in [0.05, 0.1) is 6.04 Å². The Morgan fingerprint density at radius 3 is 2.89 bits per heavy atom. The van der Waals surface area contributed by atoms with Crippen molar-refractivity contribution in [2.45, 2.75) is 31.7 Å². The van der Waals surface area contributed by atoms with E-state index in [4.69, 9.17) is 0 Å². The minimum Gasteiger partial charge on any atom is -0.335 e. The topological polar surface area (TPSA) is 20.3 Å². The lowest BCUT2D eigenvalue weighted by molar-refractivity contribution is -0.137. The highest BCUT2D eigenvalue weighted by Gasteiger charge is 2.33. The lowest BCUT2D eigenvalue weighted by Gasteiger charge is -2.41. The van der Waals surface area contributed by atoms with Gasteiger partial charge in [-0.2, -0.15) is 0 Å². The summed E-state index contributed by atoms with van der Waals surface area (Å²) in [5.41, 5.74) is 2.85. The van der Waals surface area contributed by atoms with Gasteiger partial charge in [-0.25, -0.2) is 0 Å². The zero-order chi connectivity index (χ0) is 12.8. The van der Waals surface area contributed by atoms with Crippen molar-refractivity contribution in [3.8, 4) is 0 Å². The fraction of sp³-hybridized carbons (Fsp3) is 0.353. The van der Waals surface area contributed by atoms with Gasteiger partial charge in [0.1, 0.15) is 0 Å². The molecule has 0 aromatic heterocycles. The van der Waals surface area contributed by atoms with E-state index in [9.17, 15) is 4.79 Å². The average molecular weight is 251 g/mol. The maximum Gasteiger partial charge on any atom is 0.223 e. The van der Waals surface area contributed by atoms with Crippen molar-refractivity contribution < 1.29 is 4.79 Å². The first kappa shape index (κ1) is 11.0. The Bertz CT molecular complexity index is 661. The van der Waals surface area contributed by atoms with Crippen molar-refractivity contribution >= 4 is 16.7 Å². The molecule has 0 radical (unpaired) electrons. The quantitative estimate of drug-likeness (QED) is 0.702. The van der Waals surface area contributed by atoms with Crippen molar-refractivity contribution in [2.24, 2.45) is 0 Å². The van der Waals surface area contributed by atoms with Crippen LogP contribution in [-0.2, 0) is 11.2 Å². The third-order valence-electron chi connectivity index (χ3n) is 4.60. The van der Waals surface area contributed by atoms with Gasteiger partial charge in [-0.15, -0.1) is 0 Å². The molecule has 96 valence electrons. The average Bonchev–Trinajstić information content (AvgIpc) is 2.47. The van der Waals surface area contributed by atoms with Gasteiger partial charge in [-0.1, -0.05) is 36.4 Å². The highest BCUT2D eigenvalue weighted by atomic mass is 16.2. The van der Waals surface area contributed by atoms with Crippen molar-refractivity contribution in [2.75, 3.05) is 6.54 Å². The van der Waals surface area contributed by atoms with E-state index < -0.39 is 0 Å². The standard InChI is InChI=1S/C17H17NO/c19-17-7-3-6-16-15-9-8-12-4-1-2-5-13(12)14(15)10-11-18(16)17/h1-2,4-5,8-9,16H,3,6-7,10-11H2. The fourth-order valence-corrected chi connectivity index (χ4v) is 3.70. The van der Waals surface area contributed by atoms with E-state index in [0.29, 0.717) is 11.9 Å². The van der Waals surface area contributed by atoms with Gasteiger partial charge in [-0.3, -0.25) is 4.79 Å². The van der Waals surface area contributed by atoms with Crippen LogP contribution in [0.4, 0.5) is 0 Å². The molecule has 0 saturated carbocycles. The van der Waals surface area contributed by atoms with Crippen LogP contribution in [0.25, 0.3) is 10.8 Å². The summed E-state index contributed by atoms with van der Waals surface area (Å²) in [4.78, 5) is 14.1. The van der Waals surface area contributed by atoms with Gasteiger partial charge < -0.3 is 4.90 Å². The first-order valence-electron chi connectivity index (χ1n) is 7.14. The van der Waals surface area contributed by atoms with E-state index in [-0.39, 0.29) is 0 Å². The molecule has 2 heteroatoms.